The van der Waals surface area contributed by atoms with E-state index < -0.39 is 10.7 Å². The van der Waals surface area contributed by atoms with Crippen molar-refractivity contribution in [2.45, 2.75) is 24.5 Å². The first-order valence-electron chi connectivity index (χ1n) is 4.93. The lowest BCUT2D eigenvalue weighted by Gasteiger charge is -2.22. The molecule has 0 saturated carbocycles. The van der Waals surface area contributed by atoms with Gasteiger partial charge in [-0.25, -0.2) is 0 Å². The summed E-state index contributed by atoms with van der Waals surface area (Å²) >= 11 is 4.14. The number of carboxylic acid groups (broad SMARTS) is 1. The number of carbonyl (C=O) groups is 2. The van der Waals surface area contributed by atoms with Crippen LogP contribution in [0.5, 0.6) is 0 Å². The molecule has 1 rings (SSSR count). The van der Waals surface area contributed by atoms with Crippen molar-refractivity contribution >= 4 is 24.4 Å². The highest BCUT2D eigenvalue weighted by Gasteiger charge is 2.35. The van der Waals surface area contributed by atoms with Crippen LogP contribution in [0.4, 0.5) is 0 Å². The normalized spacial score (nSPS) is 14.1. The van der Waals surface area contributed by atoms with Crippen molar-refractivity contribution in [1.82, 2.24) is 0 Å². The van der Waals surface area contributed by atoms with E-state index in [9.17, 15) is 9.59 Å². The second-order valence-corrected chi connectivity index (χ2v) is 4.73. The molecule has 0 bridgehead atoms. The molecule has 86 valence electrons. The summed E-state index contributed by atoms with van der Waals surface area (Å²) in [6.07, 6.45) is 0.173. The molecular weight excluding hydrogens is 224 g/mol. The van der Waals surface area contributed by atoms with Crippen molar-refractivity contribution in [2.24, 2.45) is 0 Å². The Bertz CT molecular complexity index is 389. The van der Waals surface area contributed by atoms with E-state index in [0.717, 1.165) is 5.56 Å². The lowest BCUT2D eigenvalue weighted by atomic mass is 9.93. The molecule has 0 aromatic heterocycles. The van der Waals surface area contributed by atoms with Crippen molar-refractivity contribution in [3.8, 4) is 0 Å². The van der Waals surface area contributed by atoms with Crippen LogP contribution in [-0.4, -0.2) is 21.6 Å². The fourth-order valence-corrected chi connectivity index (χ4v) is 1.96. The van der Waals surface area contributed by atoms with Crippen LogP contribution in [0.25, 0.3) is 0 Å². The average Bonchev–Trinajstić information content (AvgIpc) is 2.17. The molecule has 3 nitrogen and oxygen atoms in total. The first-order valence-corrected chi connectivity index (χ1v) is 5.38. The van der Waals surface area contributed by atoms with Gasteiger partial charge in [0.15, 0.2) is 0 Å². The van der Waals surface area contributed by atoms with Crippen molar-refractivity contribution < 1.29 is 14.7 Å². The highest BCUT2D eigenvalue weighted by Crippen LogP contribution is 2.25. The number of hydrogen-bond donors (Lipinski definition) is 2. The SMILES string of the molecule is CC(=O)CC(S)(Cc1ccccc1)C(=O)O. The van der Waals surface area contributed by atoms with E-state index in [1.807, 2.05) is 30.3 Å². The van der Waals surface area contributed by atoms with Gasteiger partial charge in [0.05, 0.1) is 0 Å². The molecule has 0 radical (unpaired) electrons. The average molecular weight is 238 g/mol. The predicted molar refractivity (Wildman–Crippen MR) is 64.8 cm³/mol. The first-order chi connectivity index (χ1) is 7.44. The van der Waals surface area contributed by atoms with Crippen LogP contribution >= 0.6 is 12.6 Å². The third kappa shape index (κ3) is 3.38. The summed E-state index contributed by atoms with van der Waals surface area (Å²) in [5.41, 5.74) is 0.862. The van der Waals surface area contributed by atoms with Gasteiger partial charge in [-0.15, -0.1) is 0 Å². The largest absolute Gasteiger partial charge is 0.480 e. The van der Waals surface area contributed by atoms with Gasteiger partial charge in [0.25, 0.3) is 0 Å². The fourth-order valence-electron chi connectivity index (χ4n) is 1.56. The van der Waals surface area contributed by atoms with E-state index >= 15 is 0 Å². The van der Waals surface area contributed by atoms with Crippen molar-refractivity contribution in [3.05, 3.63) is 35.9 Å². The molecule has 0 aliphatic carbocycles. The summed E-state index contributed by atoms with van der Waals surface area (Å²) in [5.74, 6) is -1.23. The number of thiol groups is 1. The first kappa shape index (κ1) is 12.8. The number of hydrogen-bond acceptors (Lipinski definition) is 3. The van der Waals surface area contributed by atoms with Gasteiger partial charge >= 0.3 is 5.97 Å². The maximum Gasteiger partial charge on any atom is 0.320 e. The van der Waals surface area contributed by atoms with E-state index in [0.29, 0.717) is 0 Å². The Morgan fingerprint density at radius 1 is 1.31 bits per heavy atom. The van der Waals surface area contributed by atoms with Crippen LogP contribution in [0.2, 0.25) is 0 Å². The molecule has 0 amide bonds. The van der Waals surface area contributed by atoms with Gasteiger partial charge in [0.1, 0.15) is 10.5 Å². The predicted octanol–water partition coefficient (Wildman–Crippen LogP) is 1.96. The minimum atomic E-state index is -1.31. The molecule has 1 aromatic rings. The van der Waals surface area contributed by atoms with Crippen LogP contribution in [-0.2, 0) is 16.0 Å². The van der Waals surface area contributed by atoms with Gasteiger partial charge in [-0.05, 0) is 18.9 Å². The van der Waals surface area contributed by atoms with Gasteiger partial charge in [0.2, 0.25) is 0 Å². The Morgan fingerprint density at radius 3 is 2.31 bits per heavy atom. The molecule has 0 heterocycles. The van der Waals surface area contributed by atoms with Gasteiger partial charge in [-0.1, -0.05) is 30.3 Å². The quantitative estimate of drug-likeness (QED) is 0.771. The van der Waals surface area contributed by atoms with Crippen LogP contribution < -0.4 is 0 Å². The van der Waals surface area contributed by atoms with Crippen molar-refractivity contribution in [3.63, 3.8) is 0 Å². The summed E-state index contributed by atoms with van der Waals surface area (Å²) in [6.45, 7) is 1.37. The monoisotopic (exact) mass is 238 g/mol. The zero-order valence-electron chi connectivity index (χ0n) is 9.01. The van der Waals surface area contributed by atoms with Gasteiger partial charge in [-0.3, -0.25) is 9.59 Å². The van der Waals surface area contributed by atoms with E-state index in [2.05, 4.69) is 12.6 Å². The molecule has 1 aromatic carbocycles. The van der Waals surface area contributed by atoms with Crippen LogP contribution in [0.3, 0.4) is 0 Å². The van der Waals surface area contributed by atoms with E-state index in [-0.39, 0.29) is 18.6 Å². The summed E-state index contributed by atoms with van der Waals surface area (Å²) in [5, 5.41) is 9.11. The molecule has 0 saturated heterocycles. The smallest absolute Gasteiger partial charge is 0.320 e. The molecule has 4 heteroatoms. The molecule has 0 aliphatic rings. The number of benzene rings is 1. The van der Waals surface area contributed by atoms with Gasteiger partial charge in [0, 0.05) is 6.42 Å². The second-order valence-electron chi connectivity index (χ2n) is 3.88. The van der Waals surface area contributed by atoms with Crippen molar-refractivity contribution in [1.29, 1.82) is 0 Å². The highest BCUT2D eigenvalue weighted by molar-refractivity contribution is 7.82. The highest BCUT2D eigenvalue weighted by atomic mass is 32.1. The maximum atomic E-state index is 11.1. The zero-order chi connectivity index (χ0) is 12.2. The third-order valence-corrected chi connectivity index (χ3v) is 2.79. The Kier molecular flexibility index (Phi) is 4.12. The maximum absolute atomic E-state index is 11.1. The van der Waals surface area contributed by atoms with Gasteiger partial charge in [-0.2, -0.15) is 12.6 Å². The van der Waals surface area contributed by atoms with Crippen LogP contribution in [0.15, 0.2) is 30.3 Å². The Morgan fingerprint density at radius 2 is 1.88 bits per heavy atom. The zero-order valence-corrected chi connectivity index (χ0v) is 9.91. The molecule has 1 unspecified atom stereocenters. The lowest BCUT2D eigenvalue weighted by molar-refractivity contribution is -0.141. The minimum Gasteiger partial charge on any atom is -0.480 e. The van der Waals surface area contributed by atoms with Crippen LogP contribution in [0.1, 0.15) is 18.9 Å². The van der Waals surface area contributed by atoms with E-state index in [4.69, 9.17) is 5.11 Å². The molecular formula is C12H14O3S. The number of carboxylic acids is 1. The van der Waals surface area contributed by atoms with Crippen molar-refractivity contribution in [2.75, 3.05) is 0 Å². The van der Waals surface area contributed by atoms with Gasteiger partial charge < -0.3 is 5.11 Å². The van der Waals surface area contributed by atoms with E-state index in [1.54, 1.807) is 0 Å². The standard InChI is InChI=1S/C12H14O3S/c1-9(13)7-12(16,11(14)15)8-10-5-3-2-4-6-10/h2-6,16H,7-8H2,1H3,(H,14,15). The Labute approximate surface area is 99.9 Å². The lowest BCUT2D eigenvalue weighted by Crippen LogP contribution is -2.37. The summed E-state index contributed by atoms with van der Waals surface area (Å²) in [6, 6.07) is 9.18. The molecule has 1 N–H and O–H groups in total. The molecule has 0 aliphatic heterocycles. The second kappa shape index (κ2) is 5.16. The van der Waals surface area contributed by atoms with Crippen LogP contribution in [0, 0.1) is 0 Å². The summed E-state index contributed by atoms with van der Waals surface area (Å²) in [7, 11) is 0. The topological polar surface area (TPSA) is 54.4 Å². The summed E-state index contributed by atoms with van der Waals surface area (Å²) in [4.78, 5) is 22.2. The number of aliphatic carboxylic acids is 1. The fraction of sp³-hybridized carbons (Fsp3) is 0.333. The molecule has 16 heavy (non-hydrogen) atoms. The Hall–Kier alpha value is -1.29. The molecule has 0 spiro atoms. The molecule has 0 fully saturated rings. The Balaban J connectivity index is 2.87. The minimum absolute atomic E-state index is 0.0691. The number of Topliss-reactive ketones (excluding diaryl/α,β-unsaturated/α-hetero) is 1. The summed E-state index contributed by atoms with van der Waals surface area (Å²) < 4.78 is -1.31. The van der Waals surface area contributed by atoms with E-state index in [1.165, 1.54) is 6.92 Å². The third-order valence-electron chi connectivity index (χ3n) is 2.28. The number of rotatable bonds is 5. The number of carbonyl (C=O) groups excluding carboxylic acids is 1. The molecule has 1 atom stereocenters. The number of ketones is 1.